The van der Waals surface area contributed by atoms with Crippen LogP contribution in [0.2, 0.25) is 0 Å². The smallest absolute Gasteiger partial charge is 0.280 e. The van der Waals surface area contributed by atoms with E-state index in [1.54, 1.807) is 30.5 Å². The predicted molar refractivity (Wildman–Crippen MR) is 128 cm³/mol. The third-order valence-corrected chi connectivity index (χ3v) is 5.63. The summed E-state index contributed by atoms with van der Waals surface area (Å²) in [5, 5.41) is 10.9. The lowest BCUT2D eigenvalue weighted by Crippen LogP contribution is -2.12. The van der Waals surface area contributed by atoms with Gasteiger partial charge in [0.05, 0.1) is 30.0 Å². The second-order valence-corrected chi connectivity index (χ2v) is 8.39. The molecule has 1 amide bonds. The fourth-order valence-electron chi connectivity index (χ4n) is 3.43. The maximum atomic E-state index is 13.8. The Balaban J connectivity index is 1.37. The van der Waals surface area contributed by atoms with E-state index in [2.05, 4.69) is 36.4 Å². The standard InChI is InChI=1S/C24H17BrF2N6O2/c25-16-6-8-18(9-7-16)35-14-32-13-17(11-28-32)30-24(34)19-12-29-33-21(22(26)27)10-20(31-23(19)33)15-4-2-1-3-5-15/h1-13,22H,14H2,(H,30,34). The van der Waals surface area contributed by atoms with Crippen molar-refractivity contribution in [2.75, 3.05) is 5.32 Å². The summed E-state index contributed by atoms with van der Waals surface area (Å²) in [4.78, 5) is 17.4. The molecule has 0 radical (unpaired) electrons. The molecule has 3 heterocycles. The maximum absolute atomic E-state index is 13.8. The number of ether oxygens (including phenoxy) is 1. The van der Waals surface area contributed by atoms with Gasteiger partial charge in [0.2, 0.25) is 0 Å². The van der Waals surface area contributed by atoms with Crippen LogP contribution < -0.4 is 10.1 Å². The average Bonchev–Trinajstić information content (AvgIpc) is 3.50. The number of nitrogens with zero attached hydrogens (tertiary/aromatic N) is 5. The number of carbonyl (C=O) groups is 1. The van der Waals surface area contributed by atoms with E-state index in [1.165, 1.54) is 23.1 Å². The highest BCUT2D eigenvalue weighted by atomic mass is 79.9. The minimum atomic E-state index is -2.80. The highest BCUT2D eigenvalue weighted by Crippen LogP contribution is 2.27. The van der Waals surface area contributed by atoms with Crippen molar-refractivity contribution in [2.24, 2.45) is 0 Å². The third kappa shape index (κ3) is 4.90. The molecule has 11 heteroatoms. The summed E-state index contributed by atoms with van der Waals surface area (Å²) in [6, 6.07) is 17.5. The number of anilines is 1. The van der Waals surface area contributed by atoms with Crippen LogP contribution in [0.1, 0.15) is 22.5 Å². The van der Waals surface area contributed by atoms with Crippen LogP contribution >= 0.6 is 15.9 Å². The van der Waals surface area contributed by atoms with Crippen molar-refractivity contribution in [3.05, 3.63) is 95.0 Å². The van der Waals surface area contributed by atoms with Crippen molar-refractivity contribution in [2.45, 2.75) is 13.2 Å². The Kier molecular flexibility index (Phi) is 6.23. The molecule has 0 aliphatic rings. The molecule has 5 aromatic rings. The Morgan fingerprint density at radius 2 is 1.83 bits per heavy atom. The number of fused-ring (bicyclic) bond motifs is 1. The minimum absolute atomic E-state index is 0.0325. The molecule has 35 heavy (non-hydrogen) atoms. The normalized spacial score (nSPS) is 11.2. The quantitative estimate of drug-likeness (QED) is 0.292. The summed E-state index contributed by atoms with van der Waals surface area (Å²) in [5.74, 6) is 0.113. The first kappa shape index (κ1) is 22.7. The van der Waals surface area contributed by atoms with Crippen LogP contribution in [0.3, 0.4) is 0 Å². The maximum Gasteiger partial charge on any atom is 0.280 e. The van der Waals surface area contributed by atoms with Gasteiger partial charge in [-0.05, 0) is 30.3 Å². The third-order valence-electron chi connectivity index (χ3n) is 5.11. The topological polar surface area (TPSA) is 86.3 Å². The molecule has 8 nitrogen and oxygen atoms in total. The summed E-state index contributed by atoms with van der Waals surface area (Å²) in [5.41, 5.74) is 1.11. The molecular formula is C24H17BrF2N6O2. The first-order chi connectivity index (χ1) is 17.0. The number of amides is 1. The number of nitrogens with one attached hydrogen (secondary N) is 1. The van der Waals surface area contributed by atoms with E-state index >= 15 is 0 Å². The summed E-state index contributed by atoms with van der Waals surface area (Å²) >= 11 is 3.36. The van der Waals surface area contributed by atoms with Gasteiger partial charge in [0.25, 0.3) is 12.3 Å². The van der Waals surface area contributed by atoms with Gasteiger partial charge in [0, 0.05) is 10.0 Å². The van der Waals surface area contributed by atoms with E-state index in [1.807, 2.05) is 30.3 Å². The predicted octanol–water partition coefficient (Wildman–Crippen LogP) is 5.58. The van der Waals surface area contributed by atoms with E-state index in [9.17, 15) is 13.6 Å². The van der Waals surface area contributed by atoms with Crippen LogP contribution in [0.15, 0.2) is 83.7 Å². The molecule has 2 aromatic carbocycles. The molecule has 0 atom stereocenters. The highest BCUT2D eigenvalue weighted by Gasteiger charge is 2.22. The van der Waals surface area contributed by atoms with Gasteiger partial charge >= 0.3 is 0 Å². The fraction of sp³-hybridized carbons (Fsp3) is 0.0833. The van der Waals surface area contributed by atoms with E-state index in [-0.39, 0.29) is 23.6 Å². The Morgan fingerprint density at radius 1 is 1.06 bits per heavy atom. The lowest BCUT2D eigenvalue weighted by molar-refractivity contribution is 0.102. The van der Waals surface area contributed by atoms with Crippen molar-refractivity contribution in [1.82, 2.24) is 24.4 Å². The molecule has 3 aromatic heterocycles. The van der Waals surface area contributed by atoms with E-state index in [0.717, 1.165) is 8.99 Å². The minimum Gasteiger partial charge on any atom is -0.471 e. The number of halogens is 3. The van der Waals surface area contributed by atoms with Gasteiger partial charge in [0.15, 0.2) is 12.4 Å². The number of aromatic nitrogens is 5. The second kappa shape index (κ2) is 9.63. The molecule has 0 saturated carbocycles. The lowest BCUT2D eigenvalue weighted by atomic mass is 10.1. The molecule has 0 unspecified atom stereocenters. The SMILES string of the molecule is O=C(Nc1cnn(COc2ccc(Br)cc2)c1)c1cnn2c(C(F)F)cc(-c3ccccc3)nc12. The highest BCUT2D eigenvalue weighted by molar-refractivity contribution is 9.10. The van der Waals surface area contributed by atoms with Gasteiger partial charge in [-0.3, -0.25) is 4.79 Å². The van der Waals surface area contributed by atoms with Gasteiger partial charge in [-0.15, -0.1) is 0 Å². The molecule has 0 fully saturated rings. The lowest BCUT2D eigenvalue weighted by Gasteiger charge is -2.08. The molecule has 0 aliphatic carbocycles. The number of carbonyl (C=O) groups excluding carboxylic acids is 1. The van der Waals surface area contributed by atoms with Gasteiger partial charge < -0.3 is 10.1 Å². The zero-order valence-corrected chi connectivity index (χ0v) is 19.6. The van der Waals surface area contributed by atoms with Crippen LogP contribution in [-0.4, -0.2) is 30.3 Å². The molecule has 0 saturated heterocycles. The van der Waals surface area contributed by atoms with E-state index in [0.29, 0.717) is 22.7 Å². The fourth-order valence-corrected chi connectivity index (χ4v) is 3.69. The number of rotatable bonds is 7. The first-order valence-electron chi connectivity index (χ1n) is 10.4. The Morgan fingerprint density at radius 3 is 2.57 bits per heavy atom. The number of hydrogen-bond donors (Lipinski definition) is 1. The van der Waals surface area contributed by atoms with Crippen LogP contribution in [0, 0.1) is 0 Å². The Bertz CT molecular complexity index is 1490. The van der Waals surface area contributed by atoms with E-state index in [4.69, 9.17) is 4.74 Å². The Labute approximate surface area is 206 Å². The molecule has 0 bridgehead atoms. The molecular weight excluding hydrogens is 522 g/mol. The van der Waals surface area contributed by atoms with Gasteiger partial charge in [-0.25, -0.2) is 23.0 Å². The Hall–Kier alpha value is -4.12. The van der Waals surface area contributed by atoms with Gasteiger partial charge in [-0.1, -0.05) is 46.3 Å². The zero-order chi connectivity index (χ0) is 24.4. The first-order valence-corrected chi connectivity index (χ1v) is 11.2. The summed E-state index contributed by atoms with van der Waals surface area (Å²) in [6.45, 7) is 0.133. The molecule has 1 N–H and O–H groups in total. The monoisotopic (exact) mass is 538 g/mol. The summed E-state index contributed by atoms with van der Waals surface area (Å²) in [6.07, 6.45) is 1.47. The van der Waals surface area contributed by atoms with Crippen molar-refractivity contribution in [3.63, 3.8) is 0 Å². The molecule has 5 rings (SSSR count). The number of hydrogen-bond acceptors (Lipinski definition) is 5. The summed E-state index contributed by atoms with van der Waals surface area (Å²) < 4.78 is 36.6. The summed E-state index contributed by atoms with van der Waals surface area (Å²) in [7, 11) is 0. The molecule has 176 valence electrons. The van der Waals surface area contributed by atoms with Crippen molar-refractivity contribution < 1.29 is 18.3 Å². The van der Waals surface area contributed by atoms with Crippen molar-refractivity contribution in [3.8, 4) is 17.0 Å². The van der Waals surface area contributed by atoms with Crippen LogP contribution in [0.25, 0.3) is 16.9 Å². The van der Waals surface area contributed by atoms with Crippen molar-refractivity contribution in [1.29, 1.82) is 0 Å². The zero-order valence-electron chi connectivity index (χ0n) is 18.0. The van der Waals surface area contributed by atoms with Crippen molar-refractivity contribution >= 4 is 33.2 Å². The molecule has 0 spiro atoms. The van der Waals surface area contributed by atoms with Crippen LogP contribution in [-0.2, 0) is 6.73 Å². The average molecular weight is 539 g/mol. The number of benzene rings is 2. The van der Waals surface area contributed by atoms with Crippen LogP contribution in [0.4, 0.5) is 14.5 Å². The van der Waals surface area contributed by atoms with Crippen LogP contribution in [0.5, 0.6) is 5.75 Å². The number of alkyl halides is 2. The van der Waals surface area contributed by atoms with Gasteiger partial charge in [-0.2, -0.15) is 10.2 Å². The van der Waals surface area contributed by atoms with Gasteiger partial charge in [0.1, 0.15) is 17.0 Å². The van der Waals surface area contributed by atoms with E-state index < -0.39 is 12.3 Å². The molecule has 0 aliphatic heterocycles. The largest absolute Gasteiger partial charge is 0.471 e. The second-order valence-electron chi connectivity index (χ2n) is 7.48.